The molecule has 1 aliphatic carbocycles. The van der Waals surface area contributed by atoms with Gasteiger partial charge in [-0.15, -0.1) is 10.2 Å². The number of nitrogens with zero attached hydrogens (tertiary/aromatic N) is 5. The van der Waals surface area contributed by atoms with Gasteiger partial charge in [0.1, 0.15) is 0 Å². The van der Waals surface area contributed by atoms with Gasteiger partial charge in [0.05, 0.1) is 13.6 Å². The molecule has 1 saturated carbocycles. The second kappa shape index (κ2) is 4.96. The summed E-state index contributed by atoms with van der Waals surface area (Å²) in [5.74, 6) is 0.742. The molecule has 0 aliphatic heterocycles. The fourth-order valence-electron chi connectivity index (χ4n) is 2.67. The first-order valence-electron chi connectivity index (χ1n) is 7.33. The highest BCUT2D eigenvalue weighted by molar-refractivity contribution is 5.81. The molecule has 0 bridgehead atoms. The predicted octanol–water partition coefficient (Wildman–Crippen LogP) is 1.47. The van der Waals surface area contributed by atoms with E-state index < -0.39 is 0 Å². The maximum absolute atomic E-state index is 4.29. The highest BCUT2D eigenvalue weighted by atomic mass is 15.6. The third-order valence-corrected chi connectivity index (χ3v) is 3.89. The van der Waals surface area contributed by atoms with E-state index in [1.807, 2.05) is 0 Å². The van der Waals surface area contributed by atoms with Gasteiger partial charge in [0.15, 0.2) is 5.82 Å². The second-order valence-electron chi connectivity index (χ2n) is 5.63. The van der Waals surface area contributed by atoms with E-state index in [-0.39, 0.29) is 0 Å². The van der Waals surface area contributed by atoms with Crippen LogP contribution in [0.2, 0.25) is 0 Å². The lowest BCUT2D eigenvalue weighted by Crippen LogP contribution is -2.18. The van der Waals surface area contributed by atoms with Crippen molar-refractivity contribution in [2.24, 2.45) is 7.05 Å². The third kappa shape index (κ3) is 2.54. The fraction of sp³-hybridized carbons (Fsp3) is 0.400. The van der Waals surface area contributed by atoms with E-state index in [1.165, 1.54) is 34.2 Å². The van der Waals surface area contributed by atoms with E-state index in [9.17, 15) is 0 Å². The van der Waals surface area contributed by atoms with E-state index in [4.69, 9.17) is 0 Å². The topological polar surface area (TPSA) is 60.6 Å². The van der Waals surface area contributed by atoms with Gasteiger partial charge in [0.25, 0.3) is 0 Å². The van der Waals surface area contributed by atoms with Crippen LogP contribution in [-0.4, -0.2) is 30.8 Å². The number of nitrogens with one attached hydrogen (secondary N) is 1. The van der Waals surface area contributed by atoms with E-state index in [0.717, 1.165) is 12.4 Å². The van der Waals surface area contributed by atoms with E-state index in [1.54, 1.807) is 7.05 Å². The zero-order chi connectivity index (χ0) is 14.2. The average molecular weight is 282 g/mol. The van der Waals surface area contributed by atoms with E-state index in [2.05, 4.69) is 55.6 Å². The summed E-state index contributed by atoms with van der Waals surface area (Å²) in [6.07, 6.45) is 2.60. The van der Waals surface area contributed by atoms with Crippen LogP contribution >= 0.6 is 0 Å². The number of para-hydroxylation sites is 1. The van der Waals surface area contributed by atoms with Crippen molar-refractivity contribution in [1.29, 1.82) is 0 Å². The summed E-state index contributed by atoms with van der Waals surface area (Å²) < 4.78 is 2.28. The molecule has 6 nitrogen and oxygen atoms in total. The molecule has 2 heterocycles. The van der Waals surface area contributed by atoms with E-state index in [0.29, 0.717) is 12.6 Å². The summed E-state index contributed by atoms with van der Waals surface area (Å²) in [6.45, 7) is 1.54. The molecule has 0 radical (unpaired) electrons. The van der Waals surface area contributed by atoms with Gasteiger partial charge in [-0.1, -0.05) is 18.2 Å². The molecule has 1 fully saturated rings. The summed E-state index contributed by atoms with van der Waals surface area (Å²) in [7, 11) is 1.79. The Hall–Kier alpha value is -2.21. The number of hydrogen-bond donors (Lipinski definition) is 1. The van der Waals surface area contributed by atoms with Gasteiger partial charge < -0.3 is 9.88 Å². The van der Waals surface area contributed by atoms with Gasteiger partial charge in [0, 0.05) is 23.8 Å². The van der Waals surface area contributed by atoms with Gasteiger partial charge in [-0.3, -0.25) is 0 Å². The zero-order valence-corrected chi connectivity index (χ0v) is 12.0. The smallest absolute Gasteiger partial charge is 0.194 e. The Morgan fingerprint density at radius 1 is 1.29 bits per heavy atom. The van der Waals surface area contributed by atoms with Crippen LogP contribution in [0.25, 0.3) is 10.9 Å². The number of benzene rings is 1. The monoisotopic (exact) mass is 282 g/mol. The lowest BCUT2D eigenvalue weighted by atomic mass is 10.2. The van der Waals surface area contributed by atoms with Crippen LogP contribution in [0.15, 0.2) is 30.3 Å². The van der Waals surface area contributed by atoms with Crippen molar-refractivity contribution in [1.82, 2.24) is 30.1 Å². The SMILES string of the molecule is Cn1nnc(Cn2c(CNC3CC3)cc3ccccc32)n1. The molecule has 0 amide bonds. The molecule has 4 rings (SSSR count). The molecule has 2 aromatic heterocycles. The fourth-order valence-corrected chi connectivity index (χ4v) is 2.67. The van der Waals surface area contributed by atoms with Gasteiger partial charge in [0.2, 0.25) is 0 Å². The lowest BCUT2D eigenvalue weighted by Gasteiger charge is -2.09. The van der Waals surface area contributed by atoms with Crippen molar-refractivity contribution in [3.05, 3.63) is 41.9 Å². The summed E-state index contributed by atoms with van der Waals surface area (Å²) in [6, 6.07) is 11.4. The Morgan fingerprint density at radius 2 is 2.14 bits per heavy atom. The largest absolute Gasteiger partial charge is 0.335 e. The van der Waals surface area contributed by atoms with Crippen LogP contribution in [0.3, 0.4) is 0 Å². The first kappa shape index (κ1) is 12.5. The number of rotatable bonds is 5. The van der Waals surface area contributed by atoms with Crippen molar-refractivity contribution >= 4 is 10.9 Å². The Labute approximate surface area is 122 Å². The maximum atomic E-state index is 4.29. The summed E-state index contributed by atoms with van der Waals surface area (Å²) >= 11 is 0. The molecule has 1 aromatic carbocycles. The first-order valence-corrected chi connectivity index (χ1v) is 7.33. The summed E-state index contributed by atoms with van der Waals surface area (Å²) in [5, 5.41) is 17.2. The molecule has 6 heteroatoms. The Balaban J connectivity index is 1.70. The van der Waals surface area contributed by atoms with E-state index >= 15 is 0 Å². The highest BCUT2D eigenvalue weighted by Crippen LogP contribution is 2.23. The van der Waals surface area contributed by atoms with Crippen LogP contribution in [0.1, 0.15) is 24.4 Å². The Kier molecular flexibility index (Phi) is 2.96. The Bertz CT molecular complexity index is 767. The molecule has 1 N–H and O–H groups in total. The average Bonchev–Trinajstić information content (AvgIpc) is 3.14. The molecular weight excluding hydrogens is 264 g/mol. The predicted molar refractivity (Wildman–Crippen MR) is 79.7 cm³/mol. The number of hydrogen-bond acceptors (Lipinski definition) is 4. The summed E-state index contributed by atoms with van der Waals surface area (Å²) in [4.78, 5) is 1.50. The molecule has 1 aliphatic rings. The number of fused-ring (bicyclic) bond motifs is 1. The van der Waals surface area contributed by atoms with Crippen LogP contribution in [0.4, 0.5) is 0 Å². The molecule has 3 aromatic rings. The Morgan fingerprint density at radius 3 is 2.90 bits per heavy atom. The van der Waals surface area contributed by atoms with Crippen molar-refractivity contribution < 1.29 is 0 Å². The third-order valence-electron chi connectivity index (χ3n) is 3.89. The minimum absolute atomic E-state index is 0.656. The highest BCUT2D eigenvalue weighted by Gasteiger charge is 2.21. The maximum Gasteiger partial charge on any atom is 0.194 e. The van der Waals surface area contributed by atoms with Crippen molar-refractivity contribution in [3.8, 4) is 0 Å². The molecule has 0 unspecified atom stereocenters. The molecular formula is C15H18N6. The number of aromatic nitrogens is 5. The van der Waals surface area contributed by atoms with Gasteiger partial charge in [-0.05, 0) is 35.6 Å². The molecule has 108 valence electrons. The molecule has 0 atom stereocenters. The minimum atomic E-state index is 0.656. The number of tetrazole rings is 1. The van der Waals surface area contributed by atoms with Gasteiger partial charge in [-0.25, -0.2) is 0 Å². The van der Waals surface area contributed by atoms with Crippen molar-refractivity contribution in [3.63, 3.8) is 0 Å². The molecule has 0 saturated heterocycles. The van der Waals surface area contributed by atoms with Crippen LogP contribution < -0.4 is 5.32 Å². The van der Waals surface area contributed by atoms with Crippen LogP contribution in [0.5, 0.6) is 0 Å². The first-order chi connectivity index (χ1) is 10.3. The molecule has 21 heavy (non-hydrogen) atoms. The summed E-state index contributed by atoms with van der Waals surface area (Å²) in [5.41, 5.74) is 2.49. The number of aryl methyl sites for hydroxylation is 1. The normalized spacial score (nSPS) is 14.9. The quantitative estimate of drug-likeness (QED) is 0.770. The van der Waals surface area contributed by atoms with Crippen LogP contribution in [0, 0.1) is 0 Å². The lowest BCUT2D eigenvalue weighted by molar-refractivity contribution is 0.618. The van der Waals surface area contributed by atoms with Crippen molar-refractivity contribution in [2.75, 3.05) is 0 Å². The minimum Gasteiger partial charge on any atom is -0.335 e. The van der Waals surface area contributed by atoms with Gasteiger partial charge >= 0.3 is 0 Å². The second-order valence-corrected chi connectivity index (χ2v) is 5.63. The molecule has 0 spiro atoms. The van der Waals surface area contributed by atoms with Crippen LogP contribution in [-0.2, 0) is 20.1 Å². The zero-order valence-electron chi connectivity index (χ0n) is 12.0. The van der Waals surface area contributed by atoms with Gasteiger partial charge in [-0.2, -0.15) is 4.80 Å². The van der Waals surface area contributed by atoms with Crippen molar-refractivity contribution in [2.45, 2.75) is 32.0 Å². The standard InChI is InChI=1S/C15H18N6/c1-20-18-15(17-19-20)10-21-13(9-16-12-6-7-12)8-11-4-2-3-5-14(11)21/h2-5,8,12,16H,6-7,9-10H2,1H3.